The predicted molar refractivity (Wildman–Crippen MR) is 121 cm³/mol. The highest BCUT2D eigenvalue weighted by molar-refractivity contribution is 5.93. The second-order valence-electron chi connectivity index (χ2n) is 7.90. The molecule has 7 heteroatoms. The molecule has 2 aromatic heterocycles. The molecule has 5 rings (SSSR count). The van der Waals surface area contributed by atoms with Gasteiger partial charge < -0.3 is 10.1 Å². The Balaban J connectivity index is 1.27. The van der Waals surface area contributed by atoms with Crippen LogP contribution >= 0.6 is 0 Å². The number of nitrogens with zero attached hydrogens (tertiary/aromatic N) is 4. The average Bonchev–Trinajstić information content (AvgIpc) is 3.47. The van der Waals surface area contributed by atoms with Crippen LogP contribution < -0.4 is 10.1 Å². The fourth-order valence-electron chi connectivity index (χ4n) is 3.90. The summed E-state index contributed by atoms with van der Waals surface area (Å²) in [6.07, 6.45) is 5.65. The van der Waals surface area contributed by atoms with Gasteiger partial charge in [-0.2, -0.15) is 5.10 Å². The van der Waals surface area contributed by atoms with Crippen LogP contribution in [0.2, 0.25) is 0 Å². The van der Waals surface area contributed by atoms with Gasteiger partial charge in [-0.3, -0.25) is 9.78 Å². The predicted octanol–water partition coefficient (Wildman–Crippen LogP) is 3.68. The molecule has 0 spiro atoms. The minimum atomic E-state index is -0.174. The number of ether oxygens (including phenoxy) is 1. The molecule has 0 unspecified atom stereocenters. The third kappa shape index (κ3) is 3.85. The van der Waals surface area contributed by atoms with Gasteiger partial charge >= 0.3 is 0 Å². The van der Waals surface area contributed by atoms with Gasteiger partial charge in [0, 0.05) is 24.4 Å². The highest BCUT2D eigenvalue weighted by atomic mass is 16.5. The fourth-order valence-corrected chi connectivity index (χ4v) is 3.90. The van der Waals surface area contributed by atoms with E-state index in [0.717, 1.165) is 46.1 Å². The number of aromatic nitrogens is 4. The lowest BCUT2D eigenvalue weighted by atomic mass is 10.0. The number of hydrogen-bond donors (Lipinski definition) is 1. The van der Waals surface area contributed by atoms with Gasteiger partial charge in [-0.25, -0.2) is 9.67 Å². The van der Waals surface area contributed by atoms with Gasteiger partial charge in [0.15, 0.2) is 0 Å². The molecular formula is C25H23N5O2. The van der Waals surface area contributed by atoms with Crippen LogP contribution in [0.4, 0.5) is 0 Å². The molecule has 0 fully saturated rings. The largest absolute Gasteiger partial charge is 0.487 e. The molecule has 0 saturated heterocycles. The average molecular weight is 425 g/mol. The summed E-state index contributed by atoms with van der Waals surface area (Å²) in [5, 5.41) is 7.27. The van der Waals surface area contributed by atoms with Crippen LogP contribution in [0.1, 0.15) is 27.3 Å². The first-order chi connectivity index (χ1) is 15.6. The minimum absolute atomic E-state index is 0.141. The van der Waals surface area contributed by atoms with Crippen molar-refractivity contribution in [1.82, 2.24) is 25.1 Å². The molecule has 1 aliphatic rings. The van der Waals surface area contributed by atoms with E-state index >= 15 is 0 Å². The molecule has 0 aliphatic carbocycles. The Hall–Kier alpha value is -4.00. The summed E-state index contributed by atoms with van der Waals surface area (Å²) >= 11 is 0. The quantitative estimate of drug-likeness (QED) is 0.528. The van der Waals surface area contributed by atoms with Crippen LogP contribution in [0.3, 0.4) is 0 Å². The van der Waals surface area contributed by atoms with Gasteiger partial charge in [0.25, 0.3) is 5.91 Å². The smallest absolute Gasteiger partial charge is 0.254 e. The first kappa shape index (κ1) is 19.9. The highest BCUT2D eigenvalue weighted by Crippen LogP contribution is 2.38. The Morgan fingerprint density at radius 1 is 1.12 bits per heavy atom. The second kappa shape index (κ2) is 8.26. The third-order valence-corrected chi connectivity index (χ3v) is 5.52. The molecule has 3 heterocycles. The maximum absolute atomic E-state index is 12.7. The zero-order chi connectivity index (χ0) is 22.1. The number of benzene rings is 2. The van der Waals surface area contributed by atoms with E-state index < -0.39 is 0 Å². The summed E-state index contributed by atoms with van der Waals surface area (Å²) in [6.45, 7) is 4.28. The first-order valence-electron chi connectivity index (χ1n) is 10.6. The normalized spacial score (nSPS) is 14.6. The van der Waals surface area contributed by atoms with Gasteiger partial charge in [0.2, 0.25) is 0 Å². The lowest BCUT2D eigenvalue weighted by Crippen LogP contribution is -2.34. The molecule has 1 aliphatic heterocycles. The number of carbonyl (C=O) groups is 1. The lowest BCUT2D eigenvalue weighted by Gasteiger charge is -2.14. The highest BCUT2D eigenvalue weighted by Gasteiger charge is 2.27. The minimum Gasteiger partial charge on any atom is -0.487 e. The first-order valence-corrected chi connectivity index (χ1v) is 10.6. The number of rotatable bonds is 5. The summed E-state index contributed by atoms with van der Waals surface area (Å²) in [6, 6.07) is 15.8. The molecule has 0 saturated carbocycles. The van der Waals surface area contributed by atoms with Crippen molar-refractivity contribution in [3.63, 3.8) is 0 Å². The number of para-hydroxylation sites is 2. The van der Waals surface area contributed by atoms with Crippen LogP contribution in [0, 0.1) is 13.8 Å². The number of hydrogen-bond acceptors (Lipinski definition) is 5. The lowest BCUT2D eigenvalue weighted by molar-refractivity contribution is 0.0933. The van der Waals surface area contributed by atoms with E-state index in [4.69, 9.17) is 4.74 Å². The topological polar surface area (TPSA) is 81.9 Å². The van der Waals surface area contributed by atoms with Gasteiger partial charge in [-0.15, -0.1) is 0 Å². The maximum atomic E-state index is 12.7. The second-order valence-corrected chi connectivity index (χ2v) is 7.90. The summed E-state index contributed by atoms with van der Waals surface area (Å²) < 4.78 is 7.93. The van der Waals surface area contributed by atoms with Crippen molar-refractivity contribution in [1.29, 1.82) is 0 Å². The number of amides is 1. The molecule has 2 aromatic carbocycles. The zero-order valence-corrected chi connectivity index (χ0v) is 17.9. The van der Waals surface area contributed by atoms with Crippen molar-refractivity contribution in [2.24, 2.45) is 0 Å². The van der Waals surface area contributed by atoms with Crippen molar-refractivity contribution in [3.8, 4) is 22.7 Å². The molecule has 0 radical (unpaired) electrons. The number of fused-ring (bicyclic) bond motifs is 1. The third-order valence-electron chi connectivity index (χ3n) is 5.52. The van der Waals surface area contributed by atoms with Gasteiger partial charge in [0.1, 0.15) is 11.9 Å². The number of carbonyl (C=O) groups excluding carboxylic acids is 1. The summed E-state index contributed by atoms with van der Waals surface area (Å²) in [4.78, 5) is 21.7. The van der Waals surface area contributed by atoms with Gasteiger partial charge in [0.05, 0.1) is 41.1 Å². The molecule has 0 bridgehead atoms. The molecule has 32 heavy (non-hydrogen) atoms. The number of nitrogens with one attached hydrogen (secondary N) is 1. The van der Waals surface area contributed by atoms with Gasteiger partial charge in [-0.1, -0.05) is 30.3 Å². The SMILES string of the molecule is Cc1cnc(C)c(-c2cccc3c2O[C@H](CNC(=O)c2cnn(-c4ccccc4)c2)C3)n1. The van der Waals surface area contributed by atoms with E-state index in [9.17, 15) is 4.79 Å². The van der Waals surface area contributed by atoms with Crippen LogP contribution in [-0.2, 0) is 6.42 Å². The van der Waals surface area contributed by atoms with Crippen molar-refractivity contribution in [2.45, 2.75) is 26.4 Å². The van der Waals surface area contributed by atoms with E-state index in [1.807, 2.05) is 56.3 Å². The molecule has 1 N–H and O–H groups in total. The Kier molecular flexibility index (Phi) is 5.15. The number of aryl methyl sites for hydroxylation is 2. The molecule has 7 nitrogen and oxygen atoms in total. The summed E-state index contributed by atoms with van der Waals surface area (Å²) in [5.74, 6) is 0.652. The fraction of sp³-hybridized carbons (Fsp3) is 0.200. The van der Waals surface area contributed by atoms with Crippen LogP contribution in [-0.4, -0.2) is 38.3 Å². The molecule has 160 valence electrons. The monoisotopic (exact) mass is 425 g/mol. The maximum Gasteiger partial charge on any atom is 0.254 e. The summed E-state index contributed by atoms with van der Waals surface area (Å²) in [5.41, 5.74) is 6.02. The summed E-state index contributed by atoms with van der Waals surface area (Å²) in [7, 11) is 0. The molecule has 4 aromatic rings. The standard InChI is InChI=1S/C25H23N5O2/c1-16-12-26-17(2)23(29-16)22-10-6-7-18-11-21(32-24(18)22)14-27-25(31)19-13-28-30(15-19)20-8-4-3-5-9-20/h3-10,12-13,15,21H,11,14H2,1-2H3,(H,27,31)/t21-/m0/s1. The van der Waals surface area contributed by atoms with Crippen molar-refractivity contribution in [3.05, 3.63) is 89.6 Å². The Bertz CT molecular complexity index is 1280. The van der Waals surface area contributed by atoms with E-state index in [-0.39, 0.29) is 12.0 Å². The van der Waals surface area contributed by atoms with E-state index in [1.165, 1.54) is 0 Å². The molecular weight excluding hydrogens is 402 g/mol. The molecule has 1 atom stereocenters. The van der Waals surface area contributed by atoms with E-state index in [2.05, 4.69) is 26.4 Å². The van der Waals surface area contributed by atoms with Crippen molar-refractivity contribution >= 4 is 5.91 Å². The van der Waals surface area contributed by atoms with Crippen LogP contribution in [0.25, 0.3) is 16.9 Å². The van der Waals surface area contributed by atoms with Crippen LogP contribution in [0.15, 0.2) is 67.1 Å². The Morgan fingerprint density at radius 2 is 1.97 bits per heavy atom. The van der Waals surface area contributed by atoms with Gasteiger partial charge in [-0.05, 0) is 37.6 Å². The van der Waals surface area contributed by atoms with Crippen molar-refractivity contribution in [2.75, 3.05) is 6.54 Å². The van der Waals surface area contributed by atoms with Crippen molar-refractivity contribution < 1.29 is 9.53 Å². The molecule has 1 amide bonds. The zero-order valence-electron chi connectivity index (χ0n) is 17.9. The van der Waals surface area contributed by atoms with E-state index in [1.54, 1.807) is 23.3 Å². The van der Waals surface area contributed by atoms with E-state index in [0.29, 0.717) is 12.1 Å². The Morgan fingerprint density at radius 3 is 2.81 bits per heavy atom. The van der Waals surface area contributed by atoms with Crippen LogP contribution in [0.5, 0.6) is 5.75 Å². The Labute approximate surface area is 186 Å².